The van der Waals surface area contributed by atoms with Crippen LogP contribution in [-0.2, 0) is 4.74 Å². The normalized spacial score (nSPS) is 10.9. The molecule has 2 heterocycles. The summed E-state index contributed by atoms with van der Waals surface area (Å²) in [6.07, 6.45) is 0. The molecule has 0 N–H and O–H groups in total. The Bertz CT molecular complexity index is 860. The van der Waals surface area contributed by atoms with E-state index in [1.807, 2.05) is 5.38 Å². The molecular formula is C16H11F2NO2S. The van der Waals surface area contributed by atoms with Gasteiger partial charge in [0.15, 0.2) is 5.69 Å². The first-order valence-corrected chi connectivity index (χ1v) is 7.49. The number of carbonyl (C=O) groups excluding carboxylic acids is 1. The van der Waals surface area contributed by atoms with E-state index in [1.54, 1.807) is 19.1 Å². The Balaban J connectivity index is 2.23. The molecule has 1 aromatic carbocycles. The fourth-order valence-electron chi connectivity index (χ4n) is 2.16. The van der Waals surface area contributed by atoms with E-state index in [0.29, 0.717) is 11.1 Å². The molecule has 112 valence electrons. The van der Waals surface area contributed by atoms with Crippen LogP contribution in [0.5, 0.6) is 0 Å². The van der Waals surface area contributed by atoms with Crippen molar-refractivity contribution < 1.29 is 18.3 Å². The minimum Gasteiger partial charge on any atom is -0.461 e. The zero-order chi connectivity index (χ0) is 15.7. The van der Waals surface area contributed by atoms with Gasteiger partial charge in [-0.2, -0.15) is 0 Å². The van der Waals surface area contributed by atoms with Crippen LogP contribution in [0.2, 0.25) is 0 Å². The van der Waals surface area contributed by atoms with Crippen LogP contribution in [0, 0.1) is 11.6 Å². The smallest absolute Gasteiger partial charge is 0.356 e. The number of halogens is 2. The molecule has 0 aliphatic heterocycles. The first kappa shape index (κ1) is 14.6. The molecule has 3 nitrogen and oxygen atoms in total. The highest BCUT2D eigenvalue weighted by Crippen LogP contribution is 2.32. The van der Waals surface area contributed by atoms with Gasteiger partial charge in [0.1, 0.15) is 11.6 Å². The number of pyridine rings is 1. The van der Waals surface area contributed by atoms with Gasteiger partial charge < -0.3 is 4.74 Å². The van der Waals surface area contributed by atoms with Crippen molar-refractivity contribution in [3.05, 3.63) is 53.0 Å². The summed E-state index contributed by atoms with van der Waals surface area (Å²) < 4.78 is 32.9. The van der Waals surface area contributed by atoms with E-state index in [4.69, 9.17) is 4.74 Å². The molecule has 0 unspecified atom stereocenters. The summed E-state index contributed by atoms with van der Waals surface area (Å²) >= 11 is 1.41. The lowest BCUT2D eigenvalue weighted by atomic mass is 10.1. The Morgan fingerprint density at radius 1 is 1.27 bits per heavy atom. The molecule has 0 spiro atoms. The summed E-state index contributed by atoms with van der Waals surface area (Å²) in [5, 5.41) is 2.54. The Labute approximate surface area is 129 Å². The zero-order valence-electron chi connectivity index (χ0n) is 11.6. The van der Waals surface area contributed by atoms with Crippen LogP contribution in [-0.4, -0.2) is 17.6 Å². The van der Waals surface area contributed by atoms with Gasteiger partial charge in [-0.1, -0.05) is 0 Å². The molecule has 0 aliphatic carbocycles. The lowest BCUT2D eigenvalue weighted by Crippen LogP contribution is -2.07. The van der Waals surface area contributed by atoms with Gasteiger partial charge in [0.05, 0.1) is 12.3 Å². The second-order valence-corrected chi connectivity index (χ2v) is 5.48. The minimum absolute atomic E-state index is 0.107. The summed E-state index contributed by atoms with van der Waals surface area (Å²) in [6.45, 7) is 1.92. The van der Waals surface area contributed by atoms with Crippen molar-refractivity contribution in [2.45, 2.75) is 6.92 Å². The van der Waals surface area contributed by atoms with Crippen LogP contribution >= 0.6 is 11.3 Å². The van der Waals surface area contributed by atoms with Gasteiger partial charge in [-0.15, -0.1) is 11.3 Å². The third kappa shape index (κ3) is 2.57. The molecule has 0 atom stereocenters. The van der Waals surface area contributed by atoms with Crippen LogP contribution in [0.15, 0.2) is 35.7 Å². The summed E-state index contributed by atoms with van der Waals surface area (Å²) in [6, 6.07) is 6.68. The van der Waals surface area contributed by atoms with E-state index in [1.165, 1.54) is 17.4 Å². The molecule has 0 radical (unpaired) electrons. The summed E-state index contributed by atoms with van der Waals surface area (Å²) in [5.41, 5.74) is 0.561. The van der Waals surface area contributed by atoms with Gasteiger partial charge in [-0.25, -0.2) is 18.6 Å². The predicted molar refractivity (Wildman–Crippen MR) is 80.9 cm³/mol. The van der Waals surface area contributed by atoms with Crippen LogP contribution in [0.3, 0.4) is 0 Å². The number of benzene rings is 1. The molecule has 0 aliphatic rings. The van der Waals surface area contributed by atoms with Gasteiger partial charge in [0.2, 0.25) is 0 Å². The summed E-state index contributed by atoms with van der Waals surface area (Å²) in [7, 11) is 0. The van der Waals surface area contributed by atoms with Crippen molar-refractivity contribution in [2.75, 3.05) is 6.61 Å². The molecule has 2 aromatic heterocycles. The number of carbonyl (C=O) groups is 1. The molecule has 0 saturated heterocycles. The lowest BCUT2D eigenvalue weighted by molar-refractivity contribution is 0.0520. The highest BCUT2D eigenvalue weighted by atomic mass is 32.1. The standard InChI is InChI=1S/C16H11F2NO2S/c1-2-21-16(20)13-8-14-11(5-6-22-14)15(19-13)10-4-3-9(17)7-12(10)18/h3-8H,2H2,1H3. The molecule has 0 bridgehead atoms. The maximum absolute atomic E-state index is 14.1. The van der Waals surface area contributed by atoms with Crippen LogP contribution in [0.4, 0.5) is 8.78 Å². The number of rotatable bonds is 3. The van der Waals surface area contributed by atoms with E-state index in [-0.39, 0.29) is 17.9 Å². The number of hydrogen-bond donors (Lipinski definition) is 0. The molecular weight excluding hydrogens is 308 g/mol. The molecule has 22 heavy (non-hydrogen) atoms. The molecule has 3 rings (SSSR count). The lowest BCUT2D eigenvalue weighted by Gasteiger charge is -2.08. The number of thiophene rings is 1. The quantitative estimate of drug-likeness (QED) is 0.671. The Kier molecular flexibility index (Phi) is 3.85. The monoisotopic (exact) mass is 319 g/mol. The average Bonchev–Trinajstić information content (AvgIpc) is 2.95. The van der Waals surface area contributed by atoms with Gasteiger partial charge in [-0.05, 0) is 36.6 Å². The van der Waals surface area contributed by atoms with Gasteiger partial charge in [0.25, 0.3) is 0 Å². The highest BCUT2D eigenvalue weighted by molar-refractivity contribution is 7.17. The van der Waals surface area contributed by atoms with Crippen molar-refractivity contribution in [3.8, 4) is 11.3 Å². The van der Waals surface area contributed by atoms with E-state index >= 15 is 0 Å². The second kappa shape index (κ2) is 5.81. The fraction of sp³-hybridized carbons (Fsp3) is 0.125. The van der Waals surface area contributed by atoms with Crippen LogP contribution < -0.4 is 0 Å². The predicted octanol–water partition coefficient (Wildman–Crippen LogP) is 4.42. The maximum Gasteiger partial charge on any atom is 0.356 e. The van der Waals surface area contributed by atoms with E-state index < -0.39 is 17.6 Å². The van der Waals surface area contributed by atoms with Crippen molar-refractivity contribution in [1.29, 1.82) is 0 Å². The van der Waals surface area contributed by atoms with Gasteiger partial charge in [0, 0.05) is 21.7 Å². The van der Waals surface area contributed by atoms with E-state index in [9.17, 15) is 13.6 Å². The Hall–Kier alpha value is -2.34. The minimum atomic E-state index is -0.721. The first-order chi connectivity index (χ1) is 10.6. The number of esters is 1. The third-order valence-electron chi connectivity index (χ3n) is 3.12. The number of aromatic nitrogens is 1. The number of ether oxygens (including phenoxy) is 1. The molecule has 6 heteroatoms. The second-order valence-electron chi connectivity index (χ2n) is 4.53. The SMILES string of the molecule is CCOC(=O)c1cc2sccc2c(-c2ccc(F)cc2F)n1. The van der Waals surface area contributed by atoms with Crippen molar-refractivity contribution >= 4 is 27.4 Å². The number of hydrogen-bond acceptors (Lipinski definition) is 4. The number of fused-ring (bicyclic) bond motifs is 1. The first-order valence-electron chi connectivity index (χ1n) is 6.61. The number of nitrogens with zero attached hydrogens (tertiary/aromatic N) is 1. The van der Waals surface area contributed by atoms with E-state index in [0.717, 1.165) is 16.8 Å². The average molecular weight is 319 g/mol. The van der Waals surface area contributed by atoms with Gasteiger partial charge >= 0.3 is 5.97 Å². The summed E-state index contributed by atoms with van der Waals surface area (Å²) in [4.78, 5) is 16.1. The third-order valence-corrected chi connectivity index (χ3v) is 3.99. The van der Waals surface area contributed by atoms with E-state index in [2.05, 4.69) is 4.98 Å². The fourth-order valence-corrected chi connectivity index (χ4v) is 2.98. The van der Waals surface area contributed by atoms with Gasteiger partial charge in [-0.3, -0.25) is 0 Å². The molecule has 0 fully saturated rings. The Morgan fingerprint density at radius 2 is 2.09 bits per heavy atom. The maximum atomic E-state index is 14.1. The largest absolute Gasteiger partial charge is 0.461 e. The highest BCUT2D eigenvalue weighted by Gasteiger charge is 2.17. The topological polar surface area (TPSA) is 39.2 Å². The molecule has 3 aromatic rings. The zero-order valence-corrected chi connectivity index (χ0v) is 12.4. The molecule has 0 amide bonds. The molecule has 0 saturated carbocycles. The van der Waals surface area contributed by atoms with Crippen LogP contribution in [0.25, 0.3) is 21.3 Å². The van der Waals surface area contributed by atoms with Crippen molar-refractivity contribution in [3.63, 3.8) is 0 Å². The van der Waals surface area contributed by atoms with Crippen molar-refractivity contribution in [1.82, 2.24) is 4.98 Å². The summed E-state index contributed by atoms with van der Waals surface area (Å²) in [5.74, 6) is -1.95. The Morgan fingerprint density at radius 3 is 2.82 bits per heavy atom. The van der Waals surface area contributed by atoms with Crippen molar-refractivity contribution in [2.24, 2.45) is 0 Å². The van der Waals surface area contributed by atoms with Crippen LogP contribution in [0.1, 0.15) is 17.4 Å².